The monoisotopic (exact) mass is 402 g/mol. The maximum Gasteiger partial charge on any atom is 0.0626 e. The number of benzene rings is 3. The Hall–Kier alpha value is -0.280. The fourth-order valence-corrected chi connectivity index (χ4v) is 3.24. The van der Waals surface area contributed by atoms with Gasteiger partial charge in [-0.3, -0.25) is 0 Å². The summed E-state index contributed by atoms with van der Waals surface area (Å²) in [6, 6.07) is 12.0. The molecule has 0 unspecified atom stereocenters. The van der Waals surface area contributed by atoms with E-state index in [1.54, 1.807) is 0 Å². The number of fused-ring (bicyclic) bond motifs is 3. The van der Waals surface area contributed by atoms with Crippen LogP contribution in [0.1, 0.15) is 0 Å². The van der Waals surface area contributed by atoms with Crippen LogP contribution in [0, 0.1) is 0 Å². The van der Waals surface area contributed by atoms with Crippen molar-refractivity contribution in [3.63, 3.8) is 0 Å². The minimum Gasteiger partial charge on any atom is -0.0824 e. The van der Waals surface area contributed by atoms with E-state index in [4.69, 9.17) is 23.2 Å². The quantitative estimate of drug-likeness (QED) is 0.360. The molecule has 0 saturated carbocycles. The van der Waals surface area contributed by atoms with Gasteiger partial charge >= 0.3 is 0 Å². The van der Waals surface area contributed by atoms with Crippen LogP contribution < -0.4 is 0 Å². The van der Waals surface area contributed by atoms with Gasteiger partial charge in [-0.15, -0.1) is 0 Å². The lowest BCUT2D eigenvalue weighted by molar-refractivity contribution is 1.70. The molecule has 0 radical (unpaired) electrons. The van der Waals surface area contributed by atoms with Crippen LogP contribution in [0.5, 0.6) is 0 Å². The summed E-state index contributed by atoms with van der Waals surface area (Å²) in [5.41, 5.74) is 0. The lowest BCUT2D eigenvalue weighted by Gasteiger charge is -2.09. The molecule has 3 rings (SSSR count). The molecular weight excluding hydrogens is 399 g/mol. The third-order valence-corrected chi connectivity index (χ3v) is 5.56. The minimum atomic E-state index is 0.730. The Labute approximate surface area is 131 Å². The number of hydrogen-bond acceptors (Lipinski definition) is 0. The molecule has 3 aromatic carbocycles. The molecule has 0 atom stereocenters. The largest absolute Gasteiger partial charge is 0.0824 e. The number of halogens is 4. The van der Waals surface area contributed by atoms with E-state index in [2.05, 4.69) is 44.0 Å². The average molecular weight is 405 g/mol. The molecule has 0 aliphatic carbocycles. The van der Waals surface area contributed by atoms with Gasteiger partial charge in [-0.25, -0.2) is 0 Å². The summed E-state index contributed by atoms with van der Waals surface area (Å²) in [7, 11) is 0. The Kier molecular flexibility index (Phi) is 3.31. The van der Waals surface area contributed by atoms with Crippen LogP contribution in [0.4, 0.5) is 0 Å². The van der Waals surface area contributed by atoms with Crippen LogP contribution in [0.2, 0.25) is 10.0 Å². The Morgan fingerprint density at radius 3 is 1.28 bits per heavy atom. The highest BCUT2D eigenvalue weighted by atomic mass is 79.9. The molecule has 0 amide bonds. The van der Waals surface area contributed by atoms with Crippen LogP contribution in [0.25, 0.3) is 21.5 Å². The summed E-state index contributed by atoms with van der Waals surface area (Å²) in [6.45, 7) is 0. The fraction of sp³-hybridized carbons (Fsp3) is 0. The lowest BCUT2D eigenvalue weighted by Crippen LogP contribution is -1.82. The molecule has 0 bridgehead atoms. The molecule has 18 heavy (non-hydrogen) atoms. The van der Waals surface area contributed by atoms with E-state index < -0.39 is 0 Å². The lowest BCUT2D eigenvalue weighted by atomic mass is 10.0. The first-order valence-corrected chi connectivity index (χ1v) is 7.58. The first-order valence-electron chi connectivity index (χ1n) is 5.24. The molecule has 0 aliphatic heterocycles. The molecule has 0 saturated heterocycles. The van der Waals surface area contributed by atoms with Crippen molar-refractivity contribution in [1.82, 2.24) is 0 Å². The zero-order valence-corrected chi connectivity index (χ0v) is 13.7. The molecule has 0 nitrogen and oxygen atoms in total. The van der Waals surface area contributed by atoms with Crippen molar-refractivity contribution in [2.75, 3.05) is 0 Å². The van der Waals surface area contributed by atoms with Gasteiger partial charge in [0, 0.05) is 19.7 Å². The summed E-state index contributed by atoms with van der Waals surface area (Å²) in [5.74, 6) is 0. The van der Waals surface area contributed by atoms with Crippen LogP contribution in [-0.4, -0.2) is 0 Å². The van der Waals surface area contributed by atoms with Gasteiger partial charge < -0.3 is 0 Å². The maximum absolute atomic E-state index is 6.31. The summed E-state index contributed by atoms with van der Waals surface area (Å²) >= 11 is 19.5. The van der Waals surface area contributed by atoms with E-state index in [1.807, 2.05) is 24.3 Å². The highest BCUT2D eigenvalue weighted by Crippen LogP contribution is 2.38. The van der Waals surface area contributed by atoms with E-state index >= 15 is 0 Å². The van der Waals surface area contributed by atoms with Crippen LogP contribution in [0.15, 0.2) is 45.3 Å². The van der Waals surface area contributed by atoms with Crippen LogP contribution in [-0.2, 0) is 0 Å². The Balaban J connectivity index is 2.56. The highest BCUT2D eigenvalue weighted by Gasteiger charge is 2.09. The number of hydrogen-bond donors (Lipinski definition) is 0. The van der Waals surface area contributed by atoms with Crippen LogP contribution in [0.3, 0.4) is 0 Å². The Bertz CT molecular complexity index is 715. The molecule has 0 aliphatic rings. The standard InChI is InChI=1S/C14H6Br2Cl2/c15-11-5-3-7-8-4-6-12(16)14(18)10(8)2-1-9(7)13(11)17/h1-6H. The summed E-state index contributed by atoms with van der Waals surface area (Å²) in [5, 5.41) is 5.72. The zero-order chi connectivity index (χ0) is 12.9. The molecule has 90 valence electrons. The van der Waals surface area contributed by atoms with Crippen molar-refractivity contribution in [3.8, 4) is 0 Å². The maximum atomic E-state index is 6.31. The van der Waals surface area contributed by atoms with Gasteiger partial charge in [0.15, 0.2) is 0 Å². The van der Waals surface area contributed by atoms with Crippen molar-refractivity contribution in [1.29, 1.82) is 0 Å². The van der Waals surface area contributed by atoms with Gasteiger partial charge in [0.1, 0.15) is 0 Å². The first kappa shape index (κ1) is 12.7. The smallest absolute Gasteiger partial charge is 0.0626 e. The average Bonchev–Trinajstić information content (AvgIpc) is 2.38. The van der Waals surface area contributed by atoms with Gasteiger partial charge in [0.2, 0.25) is 0 Å². The van der Waals surface area contributed by atoms with Gasteiger partial charge in [-0.2, -0.15) is 0 Å². The second kappa shape index (κ2) is 4.68. The van der Waals surface area contributed by atoms with Gasteiger partial charge in [0.25, 0.3) is 0 Å². The van der Waals surface area contributed by atoms with Crippen molar-refractivity contribution in [2.24, 2.45) is 0 Å². The molecule has 0 aromatic heterocycles. The highest BCUT2D eigenvalue weighted by molar-refractivity contribution is 9.10. The second-order valence-electron chi connectivity index (χ2n) is 3.98. The van der Waals surface area contributed by atoms with Gasteiger partial charge in [-0.05, 0) is 54.8 Å². The molecule has 3 aromatic rings. The Morgan fingerprint density at radius 2 is 0.889 bits per heavy atom. The van der Waals surface area contributed by atoms with E-state index in [-0.39, 0.29) is 0 Å². The van der Waals surface area contributed by atoms with Crippen molar-refractivity contribution in [2.45, 2.75) is 0 Å². The first-order chi connectivity index (χ1) is 8.59. The normalized spacial score (nSPS) is 11.3. The Morgan fingerprint density at radius 1 is 0.556 bits per heavy atom. The predicted molar refractivity (Wildman–Crippen MR) is 86.9 cm³/mol. The SMILES string of the molecule is Clc1c(Br)ccc2c1ccc1c(Cl)c(Br)ccc12. The number of rotatable bonds is 0. The van der Waals surface area contributed by atoms with Gasteiger partial charge in [-0.1, -0.05) is 47.5 Å². The summed E-state index contributed by atoms with van der Waals surface area (Å²) in [4.78, 5) is 0. The fourth-order valence-electron chi connectivity index (χ4n) is 2.09. The predicted octanol–water partition coefficient (Wildman–Crippen LogP) is 6.82. The summed E-state index contributed by atoms with van der Waals surface area (Å²) in [6.07, 6.45) is 0. The van der Waals surface area contributed by atoms with E-state index in [0.29, 0.717) is 0 Å². The van der Waals surface area contributed by atoms with Crippen molar-refractivity contribution in [3.05, 3.63) is 55.4 Å². The summed E-state index contributed by atoms with van der Waals surface area (Å²) < 4.78 is 1.80. The third kappa shape index (κ3) is 1.87. The van der Waals surface area contributed by atoms with Crippen molar-refractivity contribution < 1.29 is 0 Å². The topological polar surface area (TPSA) is 0 Å². The minimum absolute atomic E-state index is 0.730. The molecule has 0 spiro atoms. The molecule has 0 N–H and O–H groups in total. The molecule has 0 fully saturated rings. The van der Waals surface area contributed by atoms with Gasteiger partial charge in [0.05, 0.1) is 10.0 Å². The van der Waals surface area contributed by atoms with Crippen LogP contribution >= 0.6 is 55.1 Å². The molecule has 0 heterocycles. The van der Waals surface area contributed by atoms with Crippen molar-refractivity contribution >= 4 is 76.6 Å². The van der Waals surface area contributed by atoms with E-state index in [1.165, 1.54) is 0 Å². The molecule has 4 heteroatoms. The molecular formula is C14H6Br2Cl2. The third-order valence-electron chi connectivity index (χ3n) is 2.97. The van der Waals surface area contributed by atoms with E-state index in [0.717, 1.165) is 40.5 Å². The second-order valence-corrected chi connectivity index (χ2v) is 6.44. The van der Waals surface area contributed by atoms with E-state index in [9.17, 15) is 0 Å². The zero-order valence-electron chi connectivity index (χ0n) is 8.98.